The summed E-state index contributed by atoms with van der Waals surface area (Å²) < 4.78 is 32.4. The second-order valence-electron chi connectivity index (χ2n) is 4.69. The fraction of sp³-hybridized carbons (Fsp3) is 0.200. The first-order chi connectivity index (χ1) is 10.3. The van der Waals surface area contributed by atoms with Gasteiger partial charge in [0.15, 0.2) is 0 Å². The zero-order valence-electron chi connectivity index (χ0n) is 12.0. The van der Waals surface area contributed by atoms with Crippen LogP contribution in [-0.2, 0) is 10.0 Å². The third-order valence-electron chi connectivity index (χ3n) is 3.14. The van der Waals surface area contributed by atoms with Crippen molar-refractivity contribution in [2.24, 2.45) is 0 Å². The average Bonchev–Trinajstić information content (AvgIpc) is 2.47. The van der Waals surface area contributed by atoms with Gasteiger partial charge in [-0.05, 0) is 42.8 Å². The number of ether oxygens (including phenoxy) is 1. The van der Waals surface area contributed by atoms with E-state index in [0.717, 1.165) is 5.56 Å². The molecule has 0 saturated heterocycles. The van der Waals surface area contributed by atoms with E-state index in [1.54, 1.807) is 31.2 Å². The monoisotopic (exact) mass is 359 g/mol. The van der Waals surface area contributed by atoms with Crippen LogP contribution < -0.4 is 9.46 Å². The summed E-state index contributed by atoms with van der Waals surface area (Å²) in [5.41, 5.74) is 0.813. The Balaban J connectivity index is 2.23. The summed E-state index contributed by atoms with van der Waals surface area (Å²) in [6, 6.07) is 10.9. The molecule has 4 nitrogen and oxygen atoms in total. The van der Waals surface area contributed by atoms with Crippen LogP contribution in [0, 0.1) is 0 Å². The van der Waals surface area contributed by atoms with Crippen molar-refractivity contribution in [1.29, 1.82) is 0 Å². The lowest BCUT2D eigenvalue weighted by molar-refractivity contribution is 0.414. The molecule has 0 unspecified atom stereocenters. The van der Waals surface area contributed by atoms with Gasteiger partial charge in [-0.15, -0.1) is 0 Å². The number of sulfonamides is 1. The van der Waals surface area contributed by atoms with Crippen LogP contribution in [0.5, 0.6) is 5.75 Å². The molecule has 118 valence electrons. The highest BCUT2D eigenvalue weighted by molar-refractivity contribution is 7.89. The summed E-state index contributed by atoms with van der Waals surface area (Å²) >= 11 is 11.8. The van der Waals surface area contributed by atoms with Gasteiger partial charge in [0.25, 0.3) is 0 Å². The summed E-state index contributed by atoms with van der Waals surface area (Å²) in [6.45, 7) is 1.76. The van der Waals surface area contributed by atoms with Gasteiger partial charge in [0.2, 0.25) is 10.0 Å². The fourth-order valence-electron chi connectivity index (χ4n) is 1.93. The molecule has 2 rings (SSSR count). The van der Waals surface area contributed by atoms with Crippen LogP contribution in [0.2, 0.25) is 10.0 Å². The molecule has 0 amide bonds. The van der Waals surface area contributed by atoms with E-state index in [2.05, 4.69) is 4.72 Å². The Kier molecular flexibility index (Phi) is 5.34. The SMILES string of the molecule is COc1ccc(S(=O)(=O)N[C@@H](C)c2ccc(Cl)cc2)cc1Cl. The third kappa shape index (κ3) is 3.93. The summed E-state index contributed by atoms with van der Waals surface area (Å²) in [5.74, 6) is 0.423. The number of benzene rings is 2. The van der Waals surface area contributed by atoms with E-state index in [-0.39, 0.29) is 9.92 Å². The van der Waals surface area contributed by atoms with Gasteiger partial charge in [-0.3, -0.25) is 0 Å². The van der Waals surface area contributed by atoms with E-state index < -0.39 is 16.1 Å². The molecular weight excluding hydrogens is 345 g/mol. The predicted octanol–water partition coefficient (Wildman–Crippen LogP) is 4.04. The molecule has 0 aliphatic rings. The third-order valence-corrected chi connectivity index (χ3v) is 5.22. The normalized spacial score (nSPS) is 12.9. The van der Waals surface area contributed by atoms with E-state index in [9.17, 15) is 8.42 Å². The van der Waals surface area contributed by atoms with Gasteiger partial charge < -0.3 is 4.74 Å². The molecule has 0 aliphatic heterocycles. The predicted molar refractivity (Wildman–Crippen MR) is 88.2 cm³/mol. The van der Waals surface area contributed by atoms with Gasteiger partial charge in [0.05, 0.1) is 17.0 Å². The van der Waals surface area contributed by atoms with E-state index in [1.807, 2.05) is 0 Å². The molecule has 7 heteroatoms. The maximum absolute atomic E-state index is 12.4. The first kappa shape index (κ1) is 17.1. The molecule has 2 aromatic carbocycles. The molecule has 0 heterocycles. The molecule has 0 aromatic heterocycles. The van der Waals surface area contributed by atoms with Gasteiger partial charge in [0.1, 0.15) is 5.75 Å². The number of nitrogens with one attached hydrogen (secondary N) is 1. The van der Waals surface area contributed by atoms with Crippen molar-refractivity contribution in [3.63, 3.8) is 0 Å². The van der Waals surface area contributed by atoms with E-state index >= 15 is 0 Å². The van der Waals surface area contributed by atoms with Gasteiger partial charge >= 0.3 is 0 Å². The zero-order valence-corrected chi connectivity index (χ0v) is 14.3. The molecule has 0 radical (unpaired) electrons. The van der Waals surface area contributed by atoms with Gasteiger partial charge in [-0.1, -0.05) is 35.3 Å². The first-order valence-corrected chi connectivity index (χ1v) is 8.69. The molecule has 0 aliphatic carbocycles. The molecule has 0 bridgehead atoms. The number of methoxy groups -OCH3 is 1. The van der Waals surface area contributed by atoms with Gasteiger partial charge in [-0.25, -0.2) is 13.1 Å². The van der Waals surface area contributed by atoms with E-state index in [0.29, 0.717) is 10.8 Å². The van der Waals surface area contributed by atoms with Crippen molar-refractivity contribution in [1.82, 2.24) is 4.72 Å². The van der Waals surface area contributed by atoms with E-state index in [4.69, 9.17) is 27.9 Å². The summed E-state index contributed by atoms with van der Waals surface area (Å²) in [4.78, 5) is 0.0825. The Hall–Kier alpha value is -1.27. The van der Waals surface area contributed by atoms with Crippen molar-refractivity contribution in [3.8, 4) is 5.75 Å². The number of hydrogen-bond donors (Lipinski definition) is 1. The maximum Gasteiger partial charge on any atom is 0.241 e. The van der Waals surface area contributed by atoms with Crippen LogP contribution in [0.3, 0.4) is 0 Å². The van der Waals surface area contributed by atoms with Crippen molar-refractivity contribution in [2.75, 3.05) is 7.11 Å². The van der Waals surface area contributed by atoms with Crippen molar-refractivity contribution in [2.45, 2.75) is 17.9 Å². The van der Waals surface area contributed by atoms with Crippen LogP contribution in [0.15, 0.2) is 47.4 Å². The Labute approximate surface area is 140 Å². The topological polar surface area (TPSA) is 55.4 Å². The number of rotatable bonds is 5. The summed E-state index contributed by atoms with van der Waals surface area (Å²) in [5, 5.41) is 0.838. The zero-order chi connectivity index (χ0) is 16.3. The lowest BCUT2D eigenvalue weighted by Crippen LogP contribution is -2.26. The molecule has 22 heavy (non-hydrogen) atoms. The van der Waals surface area contributed by atoms with Crippen LogP contribution in [-0.4, -0.2) is 15.5 Å². The first-order valence-electron chi connectivity index (χ1n) is 6.45. The van der Waals surface area contributed by atoms with Gasteiger partial charge in [0, 0.05) is 11.1 Å². The largest absolute Gasteiger partial charge is 0.495 e. The van der Waals surface area contributed by atoms with Crippen molar-refractivity contribution >= 4 is 33.2 Å². The van der Waals surface area contributed by atoms with Crippen LogP contribution in [0.1, 0.15) is 18.5 Å². The summed E-state index contributed by atoms with van der Waals surface area (Å²) in [6.07, 6.45) is 0. The molecule has 0 saturated carbocycles. The Morgan fingerprint density at radius 1 is 1.09 bits per heavy atom. The van der Waals surface area contributed by atoms with Crippen LogP contribution >= 0.6 is 23.2 Å². The minimum atomic E-state index is -3.69. The smallest absolute Gasteiger partial charge is 0.241 e. The minimum absolute atomic E-state index is 0.0825. The molecule has 1 N–H and O–H groups in total. The van der Waals surface area contributed by atoms with Crippen LogP contribution in [0.4, 0.5) is 0 Å². The summed E-state index contributed by atoms with van der Waals surface area (Å²) in [7, 11) is -2.22. The quantitative estimate of drug-likeness (QED) is 0.876. The van der Waals surface area contributed by atoms with Crippen molar-refractivity contribution < 1.29 is 13.2 Å². The highest BCUT2D eigenvalue weighted by atomic mass is 35.5. The number of halogens is 2. The molecule has 0 fully saturated rings. The highest BCUT2D eigenvalue weighted by Crippen LogP contribution is 2.27. The minimum Gasteiger partial charge on any atom is -0.495 e. The average molecular weight is 360 g/mol. The molecule has 2 aromatic rings. The van der Waals surface area contributed by atoms with Gasteiger partial charge in [-0.2, -0.15) is 0 Å². The number of hydrogen-bond acceptors (Lipinski definition) is 3. The molecular formula is C15H15Cl2NO3S. The Bertz CT molecular complexity index is 761. The molecule has 0 spiro atoms. The van der Waals surface area contributed by atoms with E-state index in [1.165, 1.54) is 25.3 Å². The van der Waals surface area contributed by atoms with Crippen LogP contribution in [0.25, 0.3) is 0 Å². The molecule has 1 atom stereocenters. The Morgan fingerprint density at radius 3 is 2.27 bits per heavy atom. The maximum atomic E-state index is 12.4. The fourth-order valence-corrected chi connectivity index (χ4v) is 3.64. The Morgan fingerprint density at radius 2 is 1.73 bits per heavy atom. The second kappa shape index (κ2) is 6.87. The van der Waals surface area contributed by atoms with Crippen molar-refractivity contribution in [3.05, 3.63) is 58.1 Å². The second-order valence-corrected chi connectivity index (χ2v) is 7.25. The lowest BCUT2D eigenvalue weighted by atomic mass is 10.1. The highest BCUT2D eigenvalue weighted by Gasteiger charge is 2.19. The lowest BCUT2D eigenvalue weighted by Gasteiger charge is -2.15. The standard InChI is InChI=1S/C15H15Cl2NO3S/c1-10(11-3-5-12(16)6-4-11)18-22(19,20)13-7-8-15(21-2)14(17)9-13/h3-10,18H,1-2H3/t10-/m0/s1.